The van der Waals surface area contributed by atoms with Crippen LogP contribution in [-0.2, 0) is 20.0 Å². The highest BCUT2D eigenvalue weighted by Crippen LogP contribution is 2.25. The number of hydrogen-bond donors (Lipinski definition) is 1. The number of nitrogens with two attached hydrogens (primary N) is 1. The fraction of sp³-hybridized carbons (Fsp3) is 0.538. The molecule has 1 aliphatic heterocycles. The van der Waals surface area contributed by atoms with E-state index < -0.39 is 20.0 Å². The summed E-state index contributed by atoms with van der Waals surface area (Å²) in [5, 5.41) is 5.06. The van der Waals surface area contributed by atoms with E-state index in [9.17, 15) is 16.8 Å². The van der Waals surface area contributed by atoms with Gasteiger partial charge in [0.15, 0.2) is 0 Å². The van der Waals surface area contributed by atoms with Crippen LogP contribution in [0.4, 0.5) is 0 Å². The van der Waals surface area contributed by atoms with E-state index in [2.05, 4.69) is 0 Å². The molecule has 2 N–H and O–H groups in total. The van der Waals surface area contributed by atoms with Crippen LogP contribution in [0, 0.1) is 0 Å². The van der Waals surface area contributed by atoms with Crippen LogP contribution in [0.3, 0.4) is 0 Å². The minimum atomic E-state index is -3.92. The summed E-state index contributed by atoms with van der Waals surface area (Å²) in [4.78, 5) is -0.214. The summed E-state index contributed by atoms with van der Waals surface area (Å²) in [7, 11) is -7.62. The standard InChI is InChI=1S/C13H20N2O4S2/c1-11-6-3-2-4-9-15(11)21(18,19)13-8-5-7-12(10-13)20(14,16)17/h5,7-8,10-11H,2-4,6,9H2,1H3,(H2,14,16,17). The highest BCUT2D eigenvalue weighted by molar-refractivity contribution is 7.90. The van der Waals surface area contributed by atoms with E-state index in [0.717, 1.165) is 31.7 Å². The lowest BCUT2D eigenvalue weighted by atomic mass is 10.1. The molecule has 1 aliphatic rings. The molecule has 6 nitrogen and oxygen atoms in total. The maximum atomic E-state index is 12.7. The smallest absolute Gasteiger partial charge is 0.225 e. The third-order valence-electron chi connectivity index (χ3n) is 3.73. The predicted molar refractivity (Wildman–Crippen MR) is 79.6 cm³/mol. The average Bonchev–Trinajstić information content (AvgIpc) is 2.63. The average molecular weight is 332 g/mol. The molecule has 0 aliphatic carbocycles. The van der Waals surface area contributed by atoms with E-state index in [4.69, 9.17) is 5.14 Å². The van der Waals surface area contributed by atoms with Crippen molar-refractivity contribution in [3.05, 3.63) is 24.3 Å². The number of sulfonamides is 2. The molecule has 1 atom stereocenters. The zero-order chi connectivity index (χ0) is 15.7. The number of benzene rings is 1. The monoisotopic (exact) mass is 332 g/mol. The van der Waals surface area contributed by atoms with E-state index in [1.54, 1.807) is 0 Å². The van der Waals surface area contributed by atoms with Crippen LogP contribution in [0.1, 0.15) is 32.6 Å². The van der Waals surface area contributed by atoms with Crippen LogP contribution in [0.15, 0.2) is 34.1 Å². The van der Waals surface area contributed by atoms with E-state index in [1.165, 1.54) is 22.5 Å². The van der Waals surface area contributed by atoms with Crippen LogP contribution in [0.2, 0.25) is 0 Å². The molecule has 1 aromatic carbocycles. The molecule has 0 spiro atoms. The van der Waals surface area contributed by atoms with E-state index in [1.807, 2.05) is 6.92 Å². The zero-order valence-electron chi connectivity index (χ0n) is 11.9. The van der Waals surface area contributed by atoms with Crippen molar-refractivity contribution in [3.63, 3.8) is 0 Å². The second-order valence-electron chi connectivity index (χ2n) is 5.33. The summed E-state index contributed by atoms with van der Waals surface area (Å²) in [6.45, 7) is 2.34. The maximum absolute atomic E-state index is 12.7. The van der Waals surface area contributed by atoms with Crippen molar-refractivity contribution < 1.29 is 16.8 Å². The van der Waals surface area contributed by atoms with Gasteiger partial charge in [-0.1, -0.05) is 18.9 Å². The fourth-order valence-corrected chi connectivity index (χ4v) is 4.93. The van der Waals surface area contributed by atoms with E-state index in [0.29, 0.717) is 6.54 Å². The fourth-order valence-electron chi connectivity index (χ4n) is 2.55. The van der Waals surface area contributed by atoms with Crippen molar-refractivity contribution in [1.29, 1.82) is 0 Å². The lowest BCUT2D eigenvalue weighted by Gasteiger charge is -2.26. The summed E-state index contributed by atoms with van der Waals surface area (Å²) in [6, 6.07) is 5.13. The zero-order valence-corrected chi connectivity index (χ0v) is 13.5. The van der Waals surface area contributed by atoms with Crippen LogP contribution >= 0.6 is 0 Å². The molecule has 0 saturated carbocycles. The van der Waals surface area contributed by atoms with Gasteiger partial charge in [-0.15, -0.1) is 0 Å². The molecular formula is C13H20N2O4S2. The first-order valence-corrected chi connectivity index (χ1v) is 9.86. The highest BCUT2D eigenvalue weighted by atomic mass is 32.2. The SMILES string of the molecule is CC1CCCCCN1S(=O)(=O)c1cccc(S(N)(=O)=O)c1. The Balaban J connectivity index is 2.44. The summed E-state index contributed by atoms with van der Waals surface area (Å²) in [6.07, 6.45) is 3.64. The molecule has 0 aromatic heterocycles. The minimum Gasteiger partial charge on any atom is -0.225 e. The number of primary sulfonamides is 1. The van der Waals surface area contributed by atoms with Gasteiger partial charge in [0.1, 0.15) is 0 Å². The van der Waals surface area contributed by atoms with Gasteiger partial charge in [0.25, 0.3) is 0 Å². The molecule has 8 heteroatoms. The van der Waals surface area contributed by atoms with Crippen molar-refractivity contribution >= 4 is 20.0 Å². The van der Waals surface area contributed by atoms with Crippen molar-refractivity contribution in [3.8, 4) is 0 Å². The lowest BCUT2D eigenvalue weighted by molar-refractivity contribution is 0.342. The number of nitrogens with zero attached hydrogens (tertiary/aromatic N) is 1. The van der Waals surface area contributed by atoms with Gasteiger partial charge in [-0.3, -0.25) is 0 Å². The second kappa shape index (κ2) is 6.04. The van der Waals surface area contributed by atoms with E-state index in [-0.39, 0.29) is 15.8 Å². The molecule has 0 radical (unpaired) electrons. The van der Waals surface area contributed by atoms with Crippen molar-refractivity contribution in [2.24, 2.45) is 5.14 Å². The Morgan fingerprint density at radius 1 is 1.10 bits per heavy atom. The number of rotatable bonds is 3. The molecule has 1 aromatic rings. The Bertz CT molecular complexity index is 713. The van der Waals surface area contributed by atoms with Gasteiger partial charge in [-0.2, -0.15) is 4.31 Å². The second-order valence-corrected chi connectivity index (χ2v) is 8.79. The van der Waals surface area contributed by atoms with Gasteiger partial charge < -0.3 is 0 Å². The predicted octanol–water partition coefficient (Wildman–Crippen LogP) is 1.29. The van der Waals surface area contributed by atoms with Crippen molar-refractivity contribution in [2.45, 2.75) is 48.4 Å². The van der Waals surface area contributed by atoms with Crippen LogP contribution in [0.5, 0.6) is 0 Å². The molecule has 21 heavy (non-hydrogen) atoms. The Hall–Kier alpha value is -0.960. The molecule has 2 rings (SSSR count). The van der Waals surface area contributed by atoms with Crippen molar-refractivity contribution in [2.75, 3.05) is 6.54 Å². The first-order chi connectivity index (χ1) is 9.73. The number of hydrogen-bond acceptors (Lipinski definition) is 4. The van der Waals surface area contributed by atoms with Crippen molar-refractivity contribution in [1.82, 2.24) is 4.31 Å². The largest absolute Gasteiger partial charge is 0.243 e. The molecular weight excluding hydrogens is 312 g/mol. The van der Waals surface area contributed by atoms with Crippen LogP contribution < -0.4 is 5.14 Å². The van der Waals surface area contributed by atoms with Gasteiger partial charge in [0.05, 0.1) is 9.79 Å². The summed E-state index contributed by atoms with van der Waals surface area (Å²) in [5.74, 6) is 0. The molecule has 118 valence electrons. The maximum Gasteiger partial charge on any atom is 0.243 e. The first kappa shape index (κ1) is 16.4. The topological polar surface area (TPSA) is 97.5 Å². The third kappa shape index (κ3) is 3.63. The summed E-state index contributed by atoms with van der Waals surface area (Å²) < 4.78 is 49.7. The molecule has 1 heterocycles. The van der Waals surface area contributed by atoms with Gasteiger partial charge >= 0.3 is 0 Å². The molecule has 1 saturated heterocycles. The molecule has 1 fully saturated rings. The molecule has 1 unspecified atom stereocenters. The molecule has 0 bridgehead atoms. The molecule has 0 amide bonds. The van der Waals surface area contributed by atoms with Crippen LogP contribution in [0.25, 0.3) is 0 Å². The quantitative estimate of drug-likeness (QED) is 0.901. The Morgan fingerprint density at radius 3 is 2.43 bits per heavy atom. The first-order valence-electron chi connectivity index (χ1n) is 6.87. The van der Waals surface area contributed by atoms with Gasteiger partial charge in [0, 0.05) is 12.6 Å². The Labute approximate surface area is 126 Å². The Morgan fingerprint density at radius 2 is 1.76 bits per heavy atom. The normalized spacial score (nSPS) is 21.9. The lowest BCUT2D eigenvalue weighted by Crippen LogP contribution is -2.38. The van der Waals surface area contributed by atoms with Gasteiger partial charge in [-0.25, -0.2) is 22.0 Å². The van der Waals surface area contributed by atoms with Crippen LogP contribution in [-0.4, -0.2) is 33.7 Å². The Kier molecular flexibility index (Phi) is 4.72. The van der Waals surface area contributed by atoms with E-state index >= 15 is 0 Å². The van der Waals surface area contributed by atoms with Gasteiger partial charge in [-0.05, 0) is 38.0 Å². The highest BCUT2D eigenvalue weighted by Gasteiger charge is 2.30. The summed E-state index contributed by atoms with van der Waals surface area (Å²) in [5.41, 5.74) is 0. The van der Waals surface area contributed by atoms with Gasteiger partial charge in [0.2, 0.25) is 20.0 Å². The third-order valence-corrected chi connectivity index (χ3v) is 6.65. The minimum absolute atomic E-state index is 0.0252. The summed E-state index contributed by atoms with van der Waals surface area (Å²) >= 11 is 0.